The number of nitrogens with zero attached hydrogens (tertiary/aromatic N) is 1. The highest BCUT2D eigenvalue weighted by atomic mass is 16.3. The van der Waals surface area contributed by atoms with E-state index < -0.39 is 0 Å². The third-order valence-corrected chi connectivity index (χ3v) is 12.5. The molecule has 0 spiro atoms. The molecule has 12 rings (SSSR count). The van der Waals surface area contributed by atoms with E-state index in [0.717, 1.165) is 82.8 Å². The standard InChI is InChI=1S/C55H37NO2/c1-55(2)47-20-10-8-15-40(47)41-30-28-38(32-48(41)55)56(37-26-23-35(24-27-37)34-13-4-3-5-14-34)49-33-46-53-39(19-12-22-51(53)58-54(46)45-18-7-6-16-42(45)49)36-25-29-44-43-17-9-11-21-50(43)57-52(44)31-36/h3-33H,1-2H3. The van der Waals surface area contributed by atoms with Gasteiger partial charge in [0.1, 0.15) is 22.3 Å². The normalized spacial score (nSPS) is 13.1. The molecule has 0 amide bonds. The molecule has 58 heavy (non-hydrogen) atoms. The minimum atomic E-state index is -0.145. The monoisotopic (exact) mass is 743 g/mol. The van der Waals surface area contributed by atoms with Gasteiger partial charge in [-0.05, 0) is 99.1 Å². The van der Waals surface area contributed by atoms with Gasteiger partial charge in [0.15, 0.2) is 0 Å². The van der Waals surface area contributed by atoms with Crippen molar-refractivity contribution in [1.82, 2.24) is 0 Å². The summed E-state index contributed by atoms with van der Waals surface area (Å²) in [7, 11) is 0. The maximum Gasteiger partial charge on any atom is 0.143 e. The second kappa shape index (κ2) is 12.3. The largest absolute Gasteiger partial charge is 0.456 e. The first-order valence-corrected chi connectivity index (χ1v) is 20.0. The molecule has 9 aromatic carbocycles. The second-order valence-electron chi connectivity index (χ2n) is 16.1. The van der Waals surface area contributed by atoms with Crippen molar-refractivity contribution in [3.63, 3.8) is 0 Å². The van der Waals surface area contributed by atoms with Crippen LogP contribution in [-0.4, -0.2) is 0 Å². The average Bonchev–Trinajstić information content (AvgIpc) is 3.92. The Morgan fingerprint density at radius 2 is 1.02 bits per heavy atom. The molecule has 1 aliphatic rings. The molecule has 11 aromatic rings. The van der Waals surface area contributed by atoms with E-state index in [1.54, 1.807) is 0 Å². The van der Waals surface area contributed by atoms with Gasteiger partial charge in [-0.25, -0.2) is 0 Å². The Labute approximate surface area is 336 Å². The van der Waals surface area contributed by atoms with E-state index in [4.69, 9.17) is 8.83 Å². The van der Waals surface area contributed by atoms with Crippen LogP contribution in [0.15, 0.2) is 197 Å². The summed E-state index contributed by atoms with van der Waals surface area (Å²) in [5, 5.41) is 6.60. The van der Waals surface area contributed by atoms with Crippen molar-refractivity contribution in [2.45, 2.75) is 19.3 Å². The molecule has 0 bridgehead atoms. The van der Waals surface area contributed by atoms with Gasteiger partial charge < -0.3 is 13.7 Å². The highest BCUT2D eigenvalue weighted by molar-refractivity contribution is 6.23. The smallest absolute Gasteiger partial charge is 0.143 e. The summed E-state index contributed by atoms with van der Waals surface area (Å²) in [6.07, 6.45) is 0. The van der Waals surface area contributed by atoms with Crippen molar-refractivity contribution < 1.29 is 8.83 Å². The first-order chi connectivity index (χ1) is 28.5. The van der Waals surface area contributed by atoms with E-state index in [-0.39, 0.29) is 5.41 Å². The lowest BCUT2D eigenvalue weighted by Crippen LogP contribution is -2.16. The summed E-state index contributed by atoms with van der Waals surface area (Å²) < 4.78 is 13.2. The van der Waals surface area contributed by atoms with Gasteiger partial charge in [-0.2, -0.15) is 0 Å². The Balaban J connectivity index is 1.11. The van der Waals surface area contributed by atoms with Gasteiger partial charge in [-0.3, -0.25) is 0 Å². The molecular weight excluding hydrogens is 707 g/mol. The second-order valence-corrected chi connectivity index (χ2v) is 16.1. The lowest BCUT2D eigenvalue weighted by Gasteiger charge is -2.29. The number of hydrogen-bond donors (Lipinski definition) is 0. The molecular formula is C55H37NO2. The predicted molar refractivity (Wildman–Crippen MR) is 242 cm³/mol. The van der Waals surface area contributed by atoms with Crippen LogP contribution in [0, 0.1) is 0 Å². The van der Waals surface area contributed by atoms with Gasteiger partial charge >= 0.3 is 0 Å². The number of furan rings is 2. The van der Waals surface area contributed by atoms with Gasteiger partial charge in [0.25, 0.3) is 0 Å². The van der Waals surface area contributed by atoms with E-state index in [1.165, 1.54) is 33.4 Å². The molecule has 3 nitrogen and oxygen atoms in total. The molecule has 2 heterocycles. The summed E-state index contributed by atoms with van der Waals surface area (Å²) in [4.78, 5) is 2.44. The molecule has 0 saturated heterocycles. The number of rotatable bonds is 5. The van der Waals surface area contributed by atoms with Crippen molar-refractivity contribution in [1.29, 1.82) is 0 Å². The first-order valence-electron chi connectivity index (χ1n) is 20.0. The van der Waals surface area contributed by atoms with Gasteiger partial charge in [0, 0.05) is 49.1 Å². The van der Waals surface area contributed by atoms with Crippen molar-refractivity contribution in [2.75, 3.05) is 4.90 Å². The van der Waals surface area contributed by atoms with Crippen molar-refractivity contribution >= 4 is 71.7 Å². The van der Waals surface area contributed by atoms with E-state index in [9.17, 15) is 0 Å². The Morgan fingerprint density at radius 1 is 0.379 bits per heavy atom. The van der Waals surface area contributed by atoms with Gasteiger partial charge in [0.05, 0.1) is 5.69 Å². The summed E-state index contributed by atoms with van der Waals surface area (Å²) in [5.74, 6) is 0. The molecule has 0 saturated carbocycles. The fourth-order valence-electron chi connectivity index (χ4n) is 9.64. The van der Waals surface area contributed by atoms with E-state index in [1.807, 2.05) is 12.1 Å². The molecule has 0 fully saturated rings. The van der Waals surface area contributed by atoms with Crippen LogP contribution < -0.4 is 4.90 Å². The maximum absolute atomic E-state index is 6.86. The Hall–Kier alpha value is -7.36. The Morgan fingerprint density at radius 3 is 1.88 bits per heavy atom. The van der Waals surface area contributed by atoms with Crippen LogP contribution in [0.25, 0.3) is 88.0 Å². The molecule has 274 valence electrons. The molecule has 3 heteroatoms. The summed E-state index contributed by atoms with van der Waals surface area (Å²) in [6, 6.07) is 67.7. The summed E-state index contributed by atoms with van der Waals surface area (Å²) in [5.41, 5.74) is 16.5. The molecule has 0 atom stereocenters. The minimum Gasteiger partial charge on any atom is -0.456 e. The molecule has 0 unspecified atom stereocenters. The SMILES string of the molecule is CC1(C)c2ccccc2-c2ccc(N(c3ccc(-c4ccccc4)cc3)c3cc4c(oc5cccc(-c6ccc7c(c6)oc6ccccc67)c54)c4ccccc34)cc21. The zero-order chi connectivity index (χ0) is 38.5. The Bertz CT molecular complexity index is 3420. The third kappa shape index (κ3) is 4.80. The van der Waals surface area contributed by atoms with E-state index in [2.05, 4.69) is 195 Å². The van der Waals surface area contributed by atoms with Gasteiger partial charge in [0.2, 0.25) is 0 Å². The number of anilines is 3. The average molecular weight is 744 g/mol. The van der Waals surface area contributed by atoms with Crippen LogP contribution in [0.5, 0.6) is 0 Å². The molecule has 2 aromatic heterocycles. The zero-order valence-corrected chi connectivity index (χ0v) is 32.2. The zero-order valence-electron chi connectivity index (χ0n) is 32.2. The highest BCUT2D eigenvalue weighted by Crippen LogP contribution is 2.52. The summed E-state index contributed by atoms with van der Waals surface area (Å²) in [6.45, 7) is 4.70. The highest BCUT2D eigenvalue weighted by Gasteiger charge is 2.36. The van der Waals surface area contributed by atoms with E-state index >= 15 is 0 Å². The quantitative estimate of drug-likeness (QED) is 0.176. The maximum atomic E-state index is 6.86. The van der Waals surface area contributed by atoms with Crippen LogP contribution in [0.4, 0.5) is 17.1 Å². The van der Waals surface area contributed by atoms with Crippen LogP contribution >= 0.6 is 0 Å². The lowest BCUT2D eigenvalue weighted by molar-refractivity contribution is 0.660. The summed E-state index contributed by atoms with van der Waals surface area (Å²) >= 11 is 0. The number of para-hydroxylation sites is 1. The lowest BCUT2D eigenvalue weighted by atomic mass is 9.82. The molecule has 0 radical (unpaired) electrons. The van der Waals surface area contributed by atoms with Gasteiger partial charge in [-0.15, -0.1) is 0 Å². The number of fused-ring (bicyclic) bond motifs is 11. The first kappa shape index (κ1) is 32.8. The van der Waals surface area contributed by atoms with Crippen molar-refractivity contribution in [3.05, 3.63) is 199 Å². The van der Waals surface area contributed by atoms with Gasteiger partial charge in [-0.1, -0.05) is 147 Å². The van der Waals surface area contributed by atoms with E-state index in [0.29, 0.717) is 0 Å². The van der Waals surface area contributed by atoms with Crippen LogP contribution in [0.2, 0.25) is 0 Å². The van der Waals surface area contributed by atoms with Crippen molar-refractivity contribution in [2.24, 2.45) is 0 Å². The minimum absolute atomic E-state index is 0.145. The fourth-order valence-corrected chi connectivity index (χ4v) is 9.64. The fraction of sp³-hybridized carbons (Fsp3) is 0.0545. The number of hydrogen-bond acceptors (Lipinski definition) is 3. The topological polar surface area (TPSA) is 29.5 Å². The van der Waals surface area contributed by atoms with Crippen molar-refractivity contribution in [3.8, 4) is 33.4 Å². The molecule has 0 N–H and O–H groups in total. The predicted octanol–water partition coefficient (Wildman–Crippen LogP) is 15.7. The van der Waals surface area contributed by atoms with Crippen LogP contribution in [-0.2, 0) is 5.41 Å². The van der Waals surface area contributed by atoms with Crippen LogP contribution in [0.1, 0.15) is 25.0 Å². The number of benzene rings is 9. The molecule has 0 aliphatic heterocycles. The third-order valence-electron chi connectivity index (χ3n) is 12.5. The molecule has 1 aliphatic carbocycles. The van der Waals surface area contributed by atoms with Crippen LogP contribution in [0.3, 0.4) is 0 Å². The Kier molecular flexibility index (Phi) is 6.98.